The summed E-state index contributed by atoms with van der Waals surface area (Å²) in [5.74, 6) is 6.01. The molecule has 9 heteroatoms. The highest BCUT2D eigenvalue weighted by molar-refractivity contribution is 5.67. The molecule has 29 heavy (non-hydrogen) atoms. The van der Waals surface area contributed by atoms with E-state index in [4.69, 9.17) is 4.74 Å². The first-order valence-electron chi connectivity index (χ1n) is 9.00. The zero-order chi connectivity index (χ0) is 21.2. The fraction of sp³-hybridized carbons (Fsp3) is 0.400. The average molecular weight is 402 g/mol. The molecule has 5 atom stereocenters. The minimum Gasteiger partial charge on any atom is -0.394 e. The Labute approximate surface area is 168 Å². The van der Waals surface area contributed by atoms with Crippen molar-refractivity contribution in [3.8, 4) is 11.8 Å². The molecule has 2 aliphatic heterocycles. The van der Waals surface area contributed by atoms with Crippen LogP contribution < -0.4 is 10.4 Å². The van der Waals surface area contributed by atoms with Crippen LogP contribution in [0.1, 0.15) is 18.4 Å². The second kappa shape index (κ2) is 8.31. The lowest BCUT2D eigenvalue weighted by atomic mass is 9.98. The predicted molar refractivity (Wildman–Crippen MR) is 105 cm³/mol. The molecule has 1 fully saturated rings. The van der Waals surface area contributed by atoms with Crippen molar-refractivity contribution in [3.05, 3.63) is 48.8 Å². The molecule has 4 N–H and O–H groups in total. The summed E-state index contributed by atoms with van der Waals surface area (Å²) in [6.45, 7) is 8.20. The van der Waals surface area contributed by atoms with Crippen molar-refractivity contribution in [1.82, 2.24) is 9.97 Å². The third kappa shape index (κ3) is 3.63. The number of fused-ring (bicyclic) bond motifs is 1. The molecule has 0 saturated carbocycles. The van der Waals surface area contributed by atoms with Crippen LogP contribution in [0.15, 0.2) is 43.3 Å². The van der Waals surface area contributed by atoms with Crippen LogP contribution in [-0.4, -0.2) is 62.6 Å². The summed E-state index contributed by atoms with van der Waals surface area (Å²) in [4.78, 5) is 9.76. The lowest BCUT2D eigenvalue weighted by Crippen LogP contribution is -2.50. The number of anilines is 2. The van der Waals surface area contributed by atoms with E-state index in [9.17, 15) is 15.4 Å². The second-order valence-electron chi connectivity index (χ2n) is 6.91. The van der Waals surface area contributed by atoms with E-state index in [-0.39, 0.29) is 12.4 Å². The molecule has 5 unspecified atom stereocenters. The van der Waals surface area contributed by atoms with E-state index in [0.29, 0.717) is 17.0 Å². The maximum atomic E-state index is 15.3. The smallest absolute Gasteiger partial charge is 0.181 e. The van der Waals surface area contributed by atoms with Crippen molar-refractivity contribution >= 4 is 11.6 Å². The fourth-order valence-corrected chi connectivity index (χ4v) is 3.59. The molecule has 0 radical (unpaired) electrons. The van der Waals surface area contributed by atoms with Crippen LogP contribution in [0.4, 0.5) is 16.0 Å². The fourth-order valence-electron chi connectivity index (χ4n) is 3.59. The monoisotopic (exact) mass is 402 g/mol. The van der Waals surface area contributed by atoms with Gasteiger partial charge < -0.3 is 19.8 Å². The molecule has 0 bridgehead atoms. The number of aromatic nitrogens is 2. The van der Waals surface area contributed by atoms with E-state index >= 15 is 4.39 Å². The third-order valence-electron chi connectivity index (χ3n) is 5.06. The number of alkyl halides is 1. The molecule has 0 spiro atoms. The molecule has 0 amide bonds. The van der Waals surface area contributed by atoms with Gasteiger partial charge in [0, 0.05) is 12.1 Å². The third-order valence-corrected chi connectivity index (χ3v) is 5.06. The van der Waals surface area contributed by atoms with Gasteiger partial charge in [-0.3, -0.25) is 10.7 Å². The first-order valence-corrected chi connectivity index (χ1v) is 9.00. The van der Waals surface area contributed by atoms with Gasteiger partial charge in [0.05, 0.1) is 18.1 Å². The molecule has 8 nitrogen and oxygen atoms in total. The van der Waals surface area contributed by atoms with E-state index < -0.39 is 36.6 Å². The number of hydrogen-bond acceptors (Lipinski definition) is 8. The van der Waals surface area contributed by atoms with E-state index in [1.54, 1.807) is 18.2 Å². The number of aliphatic hydroxyl groups is 2. The van der Waals surface area contributed by atoms with Gasteiger partial charge in [-0.25, -0.2) is 14.4 Å². The lowest BCUT2D eigenvalue weighted by molar-refractivity contribution is -0.0224. The Bertz CT molecular complexity index is 892. The molecule has 3 rings (SSSR count). The van der Waals surface area contributed by atoms with Crippen molar-refractivity contribution in [3.63, 3.8) is 0 Å². The summed E-state index contributed by atoms with van der Waals surface area (Å²) in [6, 6.07) is 0. The number of allylic oxidation sites excluding steroid dienone is 4. The van der Waals surface area contributed by atoms with Gasteiger partial charge in [-0.05, 0) is 13.0 Å². The zero-order valence-electron chi connectivity index (χ0n) is 15.9. The van der Waals surface area contributed by atoms with Crippen LogP contribution in [0, 0.1) is 11.8 Å². The molecule has 1 aromatic rings. The van der Waals surface area contributed by atoms with Crippen molar-refractivity contribution in [2.75, 3.05) is 23.5 Å². The number of nitrogens with one attached hydrogen (secondary N) is 1. The van der Waals surface area contributed by atoms with Crippen LogP contribution in [0.25, 0.3) is 0 Å². The molecule has 2 aliphatic rings. The van der Waals surface area contributed by atoms with E-state index in [0.717, 1.165) is 0 Å². The first kappa shape index (κ1) is 21.0. The van der Waals surface area contributed by atoms with Crippen molar-refractivity contribution in [2.24, 2.45) is 0 Å². The minimum absolute atomic E-state index is 0.141. The van der Waals surface area contributed by atoms with Crippen molar-refractivity contribution in [2.45, 2.75) is 36.9 Å². The molecule has 154 valence electrons. The van der Waals surface area contributed by atoms with Crippen molar-refractivity contribution < 1.29 is 24.5 Å². The van der Waals surface area contributed by atoms with Gasteiger partial charge in [-0.1, -0.05) is 37.2 Å². The van der Waals surface area contributed by atoms with Gasteiger partial charge in [0.1, 0.15) is 24.4 Å². The molecular formula is C20H23FN4O4. The molecule has 0 aliphatic carbocycles. The zero-order valence-corrected chi connectivity index (χ0v) is 15.9. The molecule has 0 aromatic carbocycles. The summed E-state index contributed by atoms with van der Waals surface area (Å²) < 4.78 is 20.9. The predicted octanol–water partition coefficient (Wildman–Crippen LogP) is 1.29. The minimum atomic E-state index is -2.17. The van der Waals surface area contributed by atoms with Gasteiger partial charge in [0.2, 0.25) is 0 Å². The number of rotatable bonds is 5. The van der Waals surface area contributed by atoms with Crippen LogP contribution >= 0.6 is 0 Å². The van der Waals surface area contributed by atoms with Crippen LogP contribution in [0.5, 0.6) is 0 Å². The summed E-state index contributed by atoms with van der Waals surface area (Å²) >= 11 is 0. The van der Waals surface area contributed by atoms with Gasteiger partial charge in [0.15, 0.2) is 17.7 Å². The van der Waals surface area contributed by atoms with E-state index in [2.05, 4.69) is 35.0 Å². The topological polar surface area (TPSA) is 111 Å². The molecule has 1 aromatic heterocycles. The Balaban J connectivity index is 2.03. The second-order valence-corrected chi connectivity index (χ2v) is 6.91. The highest BCUT2D eigenvalue weighted by Crippen LogP contribution is 2.45. The van der Waals surface area contributed by atoms with Crippen molar-refractivity contribution in [1.29, 1.82) is 0 Å². The maximum Gasteiger partial charge on any atom is 0.181 e. The van der Waals surface area contributed by atoms with Crippen LogP contribution in [0.2, 0.25) is 0 Å². The largest absolute Gasteiger partial charge is 0.394 e. The van der Waals surface area contributed by atoms with Gasteiger partial charge in [-0.2, -0.15) is 0 Å². The first-order chi connectivity index (χ1) is 13.9. The standard InChI is InChI=1S/C20H23FN4O4/c1-4-6-12(5-2)7-8-13-9-25(18-15(13)17(24-28)22-11-23-18)19-20(3,21)16(27)14(10-26)29-19/h4-6,11,13-14,16,19,26-28H,1-2,9-10H2,3H3,(H,22,23,24)/b12-6+. The van der Waals surface area contributed by atoms with Crippen LogP contribution in [0.3, 0.4) is 0 Å². The summed E-state index contributed by atoms with van der Waals surface area (Å²) in [5.41, 5.74) is 0.973. The SMILES string of the molecule is C=C/C=C(/C#CC1CN(C2OC(CO)C(O)C2(C)F)c2ncnc(NO)c21)C=C. The number of aliphatic hydroxyl groups excluding tert-OH is 2. The van der Waals surface area contributed by atoms with Gasteiger partial charge in [-0.15, -0.1) is 0 Å². The average Bonchev–Trinajstić information content (AvgIpc) is 3.19. The maximum absolute atomic E-state index is 15.3. The van der Waals surface area contributed by atoms with Gasteiger partial charge in [0.25, 0.3) is 0 Å². The van der Waals surface area contributed by atoms with Gasteiger partial charge >= 0.3 is 0 Å². The normalized spacial score (nSPS) is 31.1. The molecule has 3 heterocycles. The Morgan fingerprint density at radius 3 is 2.86 bits per heavy atom. The van der Waals surface area contributed by atoms with E-state index in [1.807, 2.05) is 5.48 Å². The highest BCUT2D eigenvalue weighted by Gasteiger charge is 2.57. The molecule has 1 saturated heterocycles. The quantitative estimate of drug-likeness (QED) is 0.331. The summed E-state index contributed by atoms with van der Waals surface area (Å²) in [7, 11) is 0. The Kier molecular flexibility index (Phi) is 6.00. The lowest BCUT2D eigenvalue weighted by Gasteiger charge is -2.32. The Hall–Kier alpha value is -2.77. The molecular weight excluding hydrogens is 379 g/mol. The van der Waals surface area contributed by atoms with E-state index in [1.165, 1.54) is 18.2 Å². The highest BCUT2D eigenvalue weighted by atomic mass is 19.1. The Morgan fingerprint density at radius 2 is 2.28 bits per heavy atom. The number of ether oxygens (including phenoxy) is 1. The van der Waals surface area contributed by atoms with Crippen LogP contribution in [-0.2, 0) is 4.74 Å². The number of hydrogen-bond donors (Lipinski definition) is 4. The number of halogens is 1. The summed E-state index contributed by atoms with van der Waals surface area (Å²) in [6.07, 6.45) is 2.30. The summed E-state index contributed by atoms with van der Waals surface area (Å²) in [5, 5.41) is 29.1. The number of nitrogens with zero attached hydrogens (tertiary/aromatic N) is 3. The Morgan fingerprint density at radius 1 is 1.52 bits per heavy atom.